The standard InChI is InChI=1S/C20H28N4O3S/c1-3-23(19-9-5-4-8-16(19)2)13-10-22-28(26,27)17-14-18(21-15-17)20(25)24-11-6-7-12-24/h4-5,8-9,14-15,21-22H,3,6-7,10-13H2,1-2H3. The van der Waals surface area contributed by atoms with Crippen molar-refractivity contribution in [3.05, 3.63) is 47.8 Å². The maximum absolute atomic E-state index is 12.6. The van der Waals surface area contributed by atoms with Crippen molar-refractivity contribution < 1.29 is 13.2 Å². The Morgan fingerprint density at radius 3 is 2.64 bits per heavy atom. The number of H-pyrrole nitrogens is 1. The number of rotatable bonds is 8. The minimum absolute atomic E-state index is 0.0917. The first-order valence-corrected chi connectivity index (χ1v) is 11.2. The summed E-state index contributed by atoms with van der Waals surface area (Å²) in [5, 5.41) is 0. The van der Waals surface area contributed by atoms with Crippen LogP contribution in [0.1, 0.15) is 35.8 Å². The number of para-hydroxylation sites is 1. The Morgan fingerprint density at radius 1 is 1.25 bits per heavy atom. The number of amides is 1. The lowest BCUT2D eigenvalue weighted by molar-refractivity contribution is 0.0787. The number of sulfonamides is 1. The predicted octanol–water partition coefficient (Wildman–Crippen LogP) is 2.36. The van der Waals surface area contributed by atoms with Crippen LogP contribution in [0.25, 0.3) is 0 Å². The first-order valence-electron chi connectivity index (χ1n) is 9.70. The molecule has 3 rings (SSSR count). The number of hydrogen-bond donors (Lipinski definition) is 2. The highest BCUT2D eigenvalue weighted by Gasteiger charge is 2.23. The molecule has 152 valence electrons. The monoisotopic (exact) mass is 404 g/mol. The van der Waals surface area contributed by atoms with E-state index in [1.165, 1.54) is 12.3 Å². The number of nitrogens with one attached hydrogen (secondary N) is 2. The molecular weight excluding hydrogens is 376 g/mol. The molecule has 2 heterocycles. The van der Waals surface area contributed by atoms with Gasteiger partial charge in [0.2, 0.25) is 10.0 Å². The smallest absolute Gasteiger partial charge is 0.270 e. The van der Waals surface area contributed by atoms with Crippen LogP contribution < -0.4 is 9.62 Å². The Bertz CT molecular complexity index is 917. The van der Waals surface area contributed by atoms with Gasteiger partial charge in [-0.25, -0.2) is 13.1 Å². The zero-order chi connectivity index (χ0) is 20.1. The normalized spacial score (nSPS) is 14.4. The van der Waals surface area contributed by atoms with Gasteiger partial charge in [-0.3, -0.25) is 4.79 Å². The summed E-state index contributed by atoms with van der Waals surface area (Å²) in [7, 11) is -3.67. The number of likely N-dealkylation sites (N-methyl/N-ethyl adjacent to an activating group) is 1. The number of carbonyl (C=O) groups is 1. The molecule has 0 radical (unpaired) electrons. The average Bonchev–Trinajstić information content (AvgIpc) is 3.38. The topological polar surface area (TPSA) is 85.5 Å². The maximum atomic E-state index is 12.6. The van der Waals surface area contributed by atoms with E-state index in [-0.39, 0.29) is 17.3 Å². The van der Waals surface area contributed by atoms with Crippen LogP contribution in [-0.2, 0) is 10.0 Å². The molecule has 1 fully saturated rings. The van der Waals surface area contributed by atoms with Crippen LogP contribution in [0.2, 0.25) is 0 Å². The molecule has 7 nitrogen and oxygen atoms in total. The third-order valence-electron chi connectivity index (χ3n) is 5.10. The van der Waals surface area contributed by atoms with Gasteiger partial charge in [0.25, 0.3) is 5.91 Å². The Balaban J connectivity index is 1.61. The van der Waals surface area contributed by atoms with E-state index in [1.54, 1.807) is 4.90 Å². The van der Waals surface area contributed by atoms with Gasteiger partial charge in [0.15, 0.2) is 0 Å². The number of aromatic amines is 1. The molecule has 1 aromatic carbocycles. The minimum atomic E-state index is -3.67. The molecule has 28 heavy (non-hydrogen) atoms. The Morgan fingerprint density at radius 2 is 1.96 bits per heavy atom. The van der Waals surface area contributed by atoms with Crippen molar-refractivity contribution in [1.29, 1.82) is 0 Å². The van der Waals surface area contributed by atoms with Gasteiger partial charge >= 0.3 is 0 Å². The number of anilines is 1. The van der Waals surface area contributed by atoms with Gasteiger partial charge in [-0.15, -0.1) is 0 Å². The zero-order valence-corrected chi connectivity index (χ0v) is 17.3. The van der Waals surface area contributed by atoms with Crippen molar-refractivity contribution in [2.45, 2.75) is 31.6 Å². The SMILES string of the molecule is CCN(CCNS(=O)(=O)c1c[nH]c(C(=O)N2CCCC2)c1)c1ccccc1C. The fraction of sp³-hybridized carbons (Fsp3) is 0.450. The highest BCUT2D eigenvalue weighted by atomic mass is 32.2. The maximum Gasteiger partial charge on any atom is 0.270 e. The van der Waals surface area contributed by atoms with Gasteiger partial charge in [0.05, 0.1) is 0 Å². The fourth-order valence-corrected chi connectivity index (χ4v) is 4.52. The molecule has 0 spiro atoms. The highest BCUT2D eigenvalue weighted by molar-refractivity contribution is 7.89. The van der Waals surface area contributed by atoms with Gasteiger partial charge in [-0.05, 0) is 44.4 Å². The summed E-state index contributed by atoms with van der Waals surface area (Å²) in [6.07, 6.45) is 3.37. The number of aryl methyl sites for hydroxylation is 1. The zero-order valence-electron chi connectivity index (χ0n) is 16.4. The second-order valence-corrected chi connectivity index (χ2v) is 8.78. The van der Waals surface area contributed by atoms with Crippen molar-refractivity contribution >= 4 is 21.6 Å². The van der Waals surface area contributed by atoms with Crippen LogP contribution in [0, 0.1) is 6.92 Å². The van der Waals surface area contributed by atoms with Crippen molar-refractivity contribution in [2.75, 3.05) is 37.6 Å². The van der Waals surface area contributed by atoms with Gasteiger partial charge in [-0.1, -0.05) is 18.2 Å². The summed E-state index contributed by atoms with van der Waals surface area (Å²) >= 11 is 0. The van der Waals surface area contributed by atoms with E-state index in [0.717, 1.165) is 43.7 Å². The Hall–Kier alpha value is -2.32. The number of aromatic nitrogens is 1. The lowest BCUT2D eigenvalue weighted by Crippen LogP contribution is -2.35. The Kier molecular flexibility index (Phi) is 6.41. The van der Waals surface area contributed by atoms with Crippen LogP contribution in [-0.4, -0.2) is 56.9 Å². The summed E-state index contributed by atoms with van der Waals surface area (Å²) in [6, 6.07) is 9.47. The number of hydrogen-bond acceptors (Lipinski definition) is 4. The van der Waals surface area contributed by atoms with Crippen LogP contribution >= 0.6 is 0 Å². The summed E-state index contributed by atoms with van der Waals surface area (Å²) in [6.45, 7) is 7.17. The van der Waals surface area contributed by atoms with E-state index in [0.29, 0.717) is 12.2 Å². The van der Waals surface area contributed by atoms with E-state index in [2.05, 4.69) is 14.6 Å². The molecule has 0 unspecified atom stereocenters. The molecule has 0 bridgehead atoms. The van der Waals surface area contributed by atoms with Crippen molar-refractivity contribution in [3.63, 3.8) is 0 Å². The predicted molar refractivity (Wildman–Crippen MR) is 110 cm³/mol. The second kappa shape index (κ2) is 8.79. The van der Waals surface area contributed by atoms with Gasteiger partial charge < -0.3 is 14.8 Å². The molecule has 0 saturated carbocycles. The first-order chi connectivity index (χ1) is 13.4. The van der Waals surface area contributed by atoms with Gasteiger partial charge in [0, 0.05) is 44.6 Å². The second-order valence-electron chi connectivity index (χ2n) is 7.01. The molecule has 1 amide bonds. The summed E-state index contributed by atoms with van der Waals surface area (Å²) in [4.78, 5) is 19.2. The van der Waals surface area contributed by atoms with E-state index in [4.69, 9.17) is 0 Å². The van der Waals surface area contributed by atoms with E-state index in [9.17, 15) is 13.2 Å². The van der Waals surface area contributed by atoms with Crippen LogP contribution in [0.15, 0.2) is 41.4 Å². The number of carbonyl (C=O) groups excluding carboxylic acids is 1. The van der Waals surface area contributed by atoms with Crippen LogP contribution in [0.4, 0.5) is 5.69 Å². The average molecular weight is 405 g/mol. The molecule has 8 heteroatoms. The molecule has 1 aliphatic rings. The number of nitrogens with zero attached hydrogens (tertiary/aromatic N) is 2. The fourth-order valence-electron chi connectivity index (χ4n) is 3.51. The summed E-state index contributed by atoms with van der Waals surface area (Å²) in [5.74, 6) is -0.143. The summed E-state index contributed by atoms with van der Waals surface area (Å²) < 4.78 is 27.8. The van der Waals surface area contributed by atoms with Crippen LogP contribution in [0.5, 0.6) is 0 Å². The number of likely N-dealkylation sites (tertiary alicyclic amines) is 1. The van der Waals surface area contributed by atoms with Crippen LogP contribution in [0.3, 0.4) is 0 Å². The van der Waals surface area contributed by atoms with Crippen molar-refractivity contribution in [3.8, 4) is 0 Å². The molecule has 2 aromatic rings. The molecular formula is C20H28N4O3S. The third kappa shape index (κ3) is 4.56. The minimum Gasteiger partial charge on any atom is -0.370 e. The third-order valence-corrected chi connectivity index (χ3v) is 6.54. The lowest BCUT2D eigenvalue weighted by Gasteiger charge is -2.25. The van der Waals surface area contributed by atoms with Gasteiger partial charge in [0.1, 0.15) is 10.6 Å². The number of benzene rings is 1. The quantitative estimate of drug-likeness (QED) is 0.707. The molecule has 0 aliphatic carbocycles. The molecule has 1 aromatic heterocycles. The first kappa shape index (κ1) is 20.4. The molecule has 2 N–H and O–H groups in total. The molecule has 0 atom stereocenters. The largest absolute Gasteiger partial charge is 0.370 e. The summed E-state index contributed by atoms with van der Waals surface area (Å²) in [5.41, 5.74) is 2.57. The molecule has 1 aliphatic heterocycles. The van der Waals surface area contributed by atoms with Crippen molar-refractivity contribution in [2.24, 2.45) is 0 Å². The van der Waals surface area contributed by atoms with E-state index < -0.39 is 10.0 Å². The van der Waals surface area contributed by atoms with Gasteiger partial charge in [-0.2, -0.15) is 0 Å². The Labute approximate surface area is 166 Å². The lowest BCUT2D eigenvalue weighted by atomic mass is 10.2. The highest BCUT2D eigenvalue weighted by Crippen LogP contribution is 2.19. The van der Waals surface area contributed by atoms with E-state index in [1.807, 2.05) is 38.1 Å². The molecule has 1 saturated heterocycles. The van der Waals surface area contributed by atoms with E-state index >= 15 is 0 Å². The van der Waals surface area contributed by atoms with Crippen molar-refractivity contribution in [1.82, 2.24) is 14.6 Å².